The van der Waals surface area contributed by atoms with Crippen molar-refractivity contribution in [1.82, 2.24) is 0 Å². The minimum Gasteiger partial charge on any atom is -0.137 e. The van der Waals surface area contributed by atoms with Gasteiger partial charge in [0, 0.05) is 0 Å². The Labute approximate surface area is 157 Å². The predicted octanol–water partition coefficient (Wildman–Crippen LogP) is 4.79. The zero-order chi connectivity index (χ0) is 18.4. The third kappa shape index (κ3) is 4.34. The lowest BCUT2D eigenvalue weighted by Crippen LogP contribution is -2.46. The standard InChI is InChI=1S/C23H32Si2/c1-19(2)25(20(3)4,21(5)6)18-17-24(22-13-9-7-10-14-22)23-15-11-8-12-16-23/h7-16,19-21,24H,1-6H3. The van der Waals surface area contributed by atoms with Crippen molar-refractivity contribution in [1.29, 1.82) is 0 Å². The molecule has 0 aliphatic heterocycles. The summed E-state index contributed by atoms with van der Waals surface area (Å²) in [5.41, 5.74) is 9.91. The Bertz CT molecular complexity index is 645. The van der Waals surface area contributed by atoms with Crippen molar-refractivity contribution in [2.75, 3.05) is 0 Å². The molecule has 0 saturated carbocycles. The summed E-state index contributed by atoms with van der Waals surface area (Å²) < 4.78 is 0. The van der Waals surface area contributed by atoms with Crippen molar-refractivity contribution in [3.8, 4) is 11.1 Å². The highest BCUT2D eigenvalue weighted by Gasteiger charge is 2.41. The van der Waals surface area contributed by atoms with Gasteiger partial charge < -0.3 is 0 Å². The van der Waals surface area contributed by atoms with Gasteiger partial charge in [-0.05, 0) is 27.0 Å². The molecule has 0 radical (unpaired) electrons. The highest BCUT2D eigenvalue weighted by Crippen LogP contribution is 2.40. The van der Waals surface area contributed by atoms with Gasteiger partial charge in [-0.3, -0.25) is 0 Å². The van der Waals surface area contributed by atoms with Gasteiger partial charge in [0.05, 0.1) is 0 Å². The lowest BCUT2D eigenvalue weighted by Gasteiger charge is -2.38. The molecule has 0 fully saturated rings. The van der Waals surface area contributed by atoms with Crippen LogP contribution in [0.15, 0.2) is 60.7 Å². The first-order valence-electron chi connectivity index (χ1n) is 9.52. The summed E-state index contributed by atoms with van der Waals surface area (Å²) in [4.78, 5) is 0. The zero-order valence-electron chi connectivity index (χ0n) is 16.6. The molecule has 0 atom stereocenters. The molecule has 2 aromatic carbocycles. The molecule has 0 heterocycles. The Morgan fingerprint density at radius 2 is 1.00 bits per heavy atom. The topological polar surface area (TPSA) is 0 Å². The van der Waals surface area contributed by atoms with Crippen molar-refractivity contribution >= 4 is 27.2 Å². The van der Waals surface area contributed by atoms with Crippen LogP contribution in [0.25, 0.3) is 0 Å². The first kappa shape index (κ1) is 19.8. The van der Waals surface area contributed by atoms with Crippen LogP contribution >= 0.6 is 0 Å². The van der Waals surface area contributed by atoms with E-state index in [-0.39, 0.29) is 0 Å². The van der Waals surface area contributed by atoms with Crippen LogP contribution in [0.5, 0.6) is 0 Å². The number of hydrogen-bond donors (Lipinski definition) is 0. The van der Waals surface area contributed by atoms with Gasteiger partial charge >= 0.3 is 0 Å². The van der Waals surface area contributed by atoms with Gasteiger partial charge in [-0.15, -0.1) is 11.1 Å². The summed E-state index contributed by atoms with van der Waals surface area (Å²) in [6.07, 6.45) is 0. The molecule has 0 nitrogen and oxygen atoms in total. The molecule has 0 saturated heterocycles. The van der Waals surface area contributed by atoms with Crippen LogP contribution in [0, 0.1) is 11.1 Å². The summed E-state index contributed by atoms with van der Waals surface area (Å²) in [6, 6.07) is 21.9. The van der Waals surface area contributed by atoms with E-state index in [1.807, 2.05) is 0 Å². The molecule has 0 bridgehead atoms. The fourth-order valence-electron chi connectivity index (χ4n) is 4.28. The van der Waals surface area contributed by atoms with Crippen LogP contribution in [0.3, 0.4) is 0 Å². The van der Waals surface area contributed by atoms with Gasteiger partial charge in [0.15, 0.2) is 8.80 Å². The second-order valence-corrected chi connectivity index (χ2v) is 16.0. The third-order valence-electron chi connectivity index (χ3n) is 5.56. The molecule has 2 aromatic rings. The lowest BCUT2D eigenvalue weighted by molar-refractivity contribution is 0.838. The molecular weight excluding hydrogens is 332 g/mol. The van der Waals surface area contributed by atoms with E-state index in [2.05, 4.69) is 113 Å². The predicted molar refractivity (Wildman–Crippen MR) is 118 cm³/mol. The minimum absolute atomic E-state index is 0.682. The summed E-state index contributed by atoms with van der Waals surface area (Å²) in [7, 11) is -3.18. The Balaban J connectivity index is 2.56. The van der Waals surface area contributed by atoms with E-state index in [4.69, 9.17) is 0 Å². The first-order valence-corrected chi connectivity index (χ1v) is 13.5. The lowest BCUT2D eigenvalue weighted by atomic mass is 10.4. The normalized spacial score (nSPS) is 11.9. The smallest absolute Gasteiger partial charge is 0.137 e. The average molecular weight is 365 g/mol. The number of hydrogen-bond acceptors (Lipinski definition) is 0. The van der Waals surface area contributed by atoms with E-state index in [9.17, 15) is 0 Å². The van der Waals surface area contributed by atoms with E-state index in [1.165, 1.54) is 10.4 Å². The molecule has 0 spiro atoms. The molecule has 0 amide bonds. The quantitative estimate of drug-likeness (QED) is 0.528. The molecule has 0 unspecified atom stereocenters. The molecule has 132 valence electrons. The van der Waals surface area contributed by atoms with Crippen molar-refractivity contribution in [2.45, 2.75) is 58.2 Å². The van der Waals surface area contributed by atoms with E-state index < -0.39 is 16.9 Å². The van der Waals surface area contributed by atoms with Gasteiger partial charge in [-0.1, -0.05) is 102 Å². The van der Waals surface area contributed by atoms with Crippen molar-refractivity contribution in [3.05, 3.63) is 60.7 Å². The van der Waals surface area contributed by atoms with Gasteiger partial charge in [0.1, 0.15) is 8.07 Å². The molecule has 25 heavy (non-hydrogen) atoms. The Kier molecular flexibility index (Phi) is 6.87. The number of rotatable bonds is 5. The van der Waals surface area contributed by atoms with Crippen molar-refractivity contribution in [2.24, 2.45) is 0 Å². The zero-order valence-corrected chi connectivity index (χ0v) is 18.7. The highest BCUT2D eigenvalue weighted by molar-refractivity contribution is 6.96. The summed E-state index contributed by atoms with van der Waals surface area (Å²) in [5, 5.41) is 2.86. The van der Waals surface area contributed by atoms with Crippen molar-refractivity contribution < 1.29 is 0 Å². The van der Waals surface area contributed by atoms with Crippen LogP contribution in [0.4, 0.5) is 0 Å². The fraction of sp³-hybridized carbons (Fsp3) is 0.391. The van der Waals surface area contributed by atoms with Crippen molar-refractivity contribution in [3.63, 3.8) is 0 Å². The molecule has 0 N–H and O–H groups in total. The minimum atomic E-state index is -1.68. The van der Waals surface area contributed by atoms with Gasteiger partial charge in [-0.25, -0.2) is 0 Å². The Hall–Kier alpha value is -1.57. The van der Waals surface area contributed by atoms with Gasteiger partial charge in [0.2, 0.25) is 0 Å². The van der Waals surface area contributed by atoms with E-state index in [0.717, 1.165) is 0 Å². The summed E-state index contributed by atoms with van der Waals surface area (Å²) in [5.74, 6) is 0. The van der Waals surface area contributed by atoms with Gasteiger partial charge in [-0.2, -0.15) is 0 Å². The van der Waals surface area contributed by atoms with Crippen LogP contribution in [0.2, 0.25) is 16.6 Å². The Morgan fingerprint density at radius 1 is 0.640 bits per heavy atom. The van der Waals surface area contributed by atoms with Crippen LogP contribution < -0.4 is 10.4 Å². The molecule has 0 aliphatic rings. The highest BCUT2D eigenvalue weighted by atomic mass is 28.3. The van der Waals surface area contributed by atoms with Crippen LogP contribution in [0.1, 0.15) is 41.5 Å². The van der Waals surface area contributed by atoms with Crippen LogP contribution in [-0.2, 0) is 0 Å². The molecule has 2 heteroatoms. The monoisotopic (exact) mass is 364 g/mol. The molecule has 0 aliphatic carbocycles. The average Bonchev–Trinajstić information content (AvgIpc) is 2.59. The molecule has 0 aromatic heterocycles. The first-order chi connectivity index (χ1) is 11.9. The van der Waals surface area contributed by atoms with E-state index >= 15 is 0 Å². The maximum atomic E-state index is 3.98. The summed E-state index contributed by atoms with van der Waals surface area (Å²) >= 11 is 0. The largest absolute Gasteiger partial charge is 0.182 e. The Morgan fingerprint density at radius 3 is 1.32 bits per heavy atom. The van der Waals surface area contributed by atoms with Crippen LogP contribution in [-0.4, -0.2) is 16.9 Å². The molecular formula is C23H32Si2. The van der Waals surface area contributed by atoms with E-state index in [0.29, 0.717) is 16.6 Å². The van der Waals surface area contributed by atoms with Gasteiger partial charge in [0.25, 0.3) is 0 Å². The van der Waals surface area contributed by atoms with E-state index in [1.54, 1.807) is 0 Å². The molecule has 2 rings (SSSR count). The number of benzene rings is 2. The second kappa shape index (κ2) is 8.69. The fourth-order valence-corrected chi connectivity index (χ4v) is 12.7. The maximum Gasteiger partial charge on any atom is 0.182 e. The SMILES string of the molecule is CC(C)[Si](C#C[SiH](c1ccccc1)c1ccccc1)(C(C)C)C(C)C. The summed E-state index contributed by atoms with van der Waals surface area (Å²) in [6.45, 7) is 14.3. The second-order valence-electron chi connectivity index (χ2n) is 7.92. The third-order valence-corrected chi connectivity index (χ3v) is 14.7. The maximum absolute atomic E-state index is 3.98.